The van der Waals surface area contributed by atoms with Gasteiger partial charge in [0.25, 0.3) is 0 Å². The minimum Gasteiger partial charge on any atom is -0.479 e. The molecule has 1 saturated heterocycles. The molecule has 0 saturated carbocycles. The van der Waals surface area contributed by atoms with Gasteiger partial charge in [-0.1, -0.05) is 11.8 Å². The van der Waals surface area contributed by atoms with E-state index in [4.69, 9.17) is 32.5 Å². The van der Waals surface area contributed by atoms with Crippen LogP contribution in [-0.2, 0) is 19.1 Å². The maximum atomic E-state index is 10.7. The summed E-state index contributed by atoms with van der Waals surface area (Å²) in [5.41, 5.74) is 0. The maximum Gasteiger partial charge on any atom is 0.336 e. The lowest BCUT2D eigenvalue weighted by atomic mass is 10.1. The smallest absolute Gasteiger partial charge is 0.336 e. The molecule has 2 N–H and O–H groups in total. The fraction of sp³-hybridized carbons (Fsp3) is 0.400. The van der Waals surface area contributed by atoms with E-state index in [1.807, 2.05) is 11.8 Å². The molecule has 1 aliphatic heterocycles. The highest BCUT2D eigenvalue weighted by atomic mass is 16.6. The fourth-order valence-corrected chi connectivity index (χ4v) is 1.23. The molecule has 1 fully saturated rings. The van der Waals surface area contributed by atoms with E-state index in [1.165, 1.54) is 0 Å². The Kier molecular flexibility index (Phi) is 3.51. The predicted octanol–water partition coefficient (Wildman–Crippen LogP) is -1.06. The molecule has 0 aromatic rings. The molecule has 1 rings (SSSR count). The highest BCUT2D eigenvalue weighted by Gasteiger charge is 2.44. The van der Waals surface area contributed by atoms with Crippen LogP contribution in [0.1, 0.15) is 0 Å². The Balaban J connectivity index is 2.94. The van der Waals surface area contributed by atoms with E-state index >= 15 is 0 Å². The summed E-state index contributed by atoms with van der Waals surface area (Å²) in [6.07, 6.45) is 4.57. The van der Waals surface area contributed by atoms with Crippen molar-refractivity contribution in [3.05, 3.63) is 0 Å². The number of rotatable bonds is 2. The molecule has 1 heterocycles. The largest absolute Gasteiger partial charge is 0.479 e. The van der Waals surface area contributed by atoms with Crippen LogP contribution in [0.15, 0.2) is 0 Å². The summed E-state index contributed by atoms with van der Waals surface area (Å²) < 4.78 is 9.78. The van der Waals surface area contributed by atoms with E-state index in [1.54, 1.807) is 0 Å². The first-order valence-electron chi connectivity index (χ1n) is 4.20. The highest BCUT2D eigenvalue weighted by molar-refractivity contribution is 5.77. The number of hydrogen-bond donors (Lipinski definition) is 2. The Labute approximate surface area is 91.2 Å². The van der Waals surface area contributed by atoms with Gasteiger partial charge >= 0.3 is 11.9 Å². The van der Waals surface area contributed by atoms with Crippen molar-refractivity contribution in [2.24, 2.45) is 0 Å². The molecule has 16 heavy (non-hydrogen) atoms. The molecule has 4 atom stereocenters. The van der Waals surface area contributed by atoms with Gasteiger partial charge in [-0.2, -0.15) is 0 Å². The topological polar surface area (TPSA) is 93.1 Å². The molecule has 0 bridgehead atoms. The van der Waals surface area contributed by atoms with Crippen LogP contribution < -0.4 is 0 Å². The lowest BCUT2D eigenvalue weighted by Crippen LogP contribution is -2.54. The van der Waals surface area contributed by atoms with Gasteiger partial charge in [0, 0.05) is 0 Å². The molecule has 0 aliphatic carbocycles. The zero-order valence-electron chi connectivity index (χ0n) is 7.99. The van der Waals surface area contributed by atoms with Gasteiger partial charge in [0.05, 0.1) is 0 Å². The summed E-state index contributed by atoms with van der Waals surface area (Å²) >= 11 is 0. The van der Waals surface area contributed by atoms with E-state index in [9.17, 15) is 9.59 Å². The Hall–Kier alpha value is -2.02. The molecule has 6 nitrogen and oxygen atoms in total. The summed E-state index contributed by atoms with van der Waals surface area (Å²) in [7, 11) is 0. The van der Waals surface area contributed by atoms with Gasteiger partial charge in [0.1, 0.15) is 0 Å². The Morgan fingerprint density at radius 2 is 1.25 bits per heavy atom. The molecule has 6 heteroatoms. The first-order valence-corrected chi connectivity index (χ1v) is 4.20. The van der Waals surface area contributed by atoms with Crippen LogP contribution in [-0.4, -0.2) is 46.6 Å². The minimum absolute atomic E-state index is 1.27. The third-order valence-corrected chi connectivity index (χ3v) is 1.95. The van der Waals surface area contributed by atoms with Crippen molar-refractivity contribution in [2.75, 3.05) is 0 Å². The first kappa shape index (κ1) is 12.1. The van der Waals surface area contributed by atoms with Crippen molar-refractivity contribution in [2.45, 2.75) is 24.4 Å². The molecule has 0 aromatic carbocycles. The minimum atomic E-state index is -1.46. The van der Waals surface area contributed by atoms with E-state index in [-0.39, 0.29) is 0 Å². The van der Waals surface area contributed by atoms with E-state index in [2.05, 4.69) is 0 Å². The Morgan fingerprint density at radius 3 is 1.44 bits per heavy atom. The van der Waals surface area contributed by atoms with Gasteiger partial charge < -0.3 is 19.7 Å². The molecular formula is C10H8O6. The zero-order valence-corrected chi connectivity index (χ0v) is 7.99. The molecule has 0 aromatic heterocycles. The number of ether oxygens (including phenoxy) is 2. The standard InChI is InChI=1S/C10H8O6/c1-3-5-7(9(11)12)16-6(4-2)8(15-5)10(13)14/h1-2,5-8H,(H,11,12)(H,13,14)/t5-,6?,7?,8?/m1/s1. The molecule has 84 valence electrons. The molecule has 0 spiro atoms. The average molecular weight is 224 g/mol. The first-order chi connectivity index (χ1) is 7.51. The molecule has 3 unspecified atom stereocenters. The number of carbonyl (C=O) groups is 2. The lowest BCUT2D eigenvalue weighted by Gasteiger charge is -2.33. The highest BCUT2D eigenvalue weighted by Crippen LogP contribution is 2.20. The number of aliphatic carboxylic acids is 2. The zero-order chi connectivity index (χ0) is 12.3. The summed E-state index contributed by atoms with van der Waals surface area (Å²) in [5.74, 6) is 1.30. The van der Waals surface area contributed by atoms with E-state index in [0.717, 1.165) is 0 Å². The monoisotopic (exact) mass is 224 g/mol. The maximum absolute atomic E-state index is 10.7. The van der Waals surface area contributed by atoms with E-state index < -0.39 is 36.4 Å². The quantitative estimate of drug-likeness (QED) is 0.581. The molecular weight excluding hydrogens is 216 g/mol. The molecule has 1 aliphatic rings. The molecule has 0 radical (unpaired) electrons. The van der Waals surface area contributed by atoms with Gasteiger partial charge in [-0.3, -0.25) is 0 Å². The van der Waals surface area contributed by atoms with Crippen LogP contribution in [0, 0.1) is 24.7 Å². The second kappa shape index (κ2) is 4.67. The van der Waals surface area contributed by atoms with Gasteiger partial charge in [-0.25, -0.2) is 9.59 Å². The summed E-state index contributed by atoms with van der Waals surface area (Å²) in [6, 6.07) is 0. The summed E-state index contributed by atoms with van der Waals surface area (Å²) in [4.78, 5) is 21.5. The van der Waals surface area contributed by atoms with Crippen LogP contribution in [0.2, 0.25) is 0 Å². The summed E-state index contributed by atoms with van der Waals surface area (Å²) in [6.45, 7) is 0. The lowest BCUT2D eigenvalue weighted by molar-refractivity contribution is -0.210. The number of terminal acetylenes is 2. The van der Waals surface area contributed by atoms with Gasteiger partial charge in [-0.05, 0) is 0 Å². The van der Waals surface area contributed by atoms with Crippen LogP contribution in [0.25, 0.3) is 0 Å². The second-order valence-corrected chi connectivity index (χ2v) is 2.96. The van der Waals surface area contributed by atoms with Gasteiger partial charge in [-0.15, -0.1) is 12.8 Å². The van der Waals surface area contributed by atoms with Crippen molar-refractivity contribution in [3.63, 3.8) is 0 Å². The number of carboxylic acid groups (broad SMARTS) is 2. The number of carboxylic acids is 2. The van der Waals surface area contributed by atoms with Crippen LogP contribution in [0.5, 0.6) is 0 Å². The predicted molar refractivity (Wildman–Crippen MR) is 50.3 cm³/mol. The van der Waals surface area contributed by atoms with Crippen LogP contribution in [0.4, 0.5) is 0 Å². The van der Waals surface area contributed by atoms with Gasteiger partial charge in [0.2, 0.25) is 0 Å². The van der Waals surface area contributed by atoms with Crippen molar-refractivity contribution in [1.82, 2.24) is 0 Å². The Morgan fingerprint density at radius 1 is 0.938 bits per heavy atom. The van der Waals surface area contributed by atoms with Gasteiger partial charge in [0.15, 0.2) is 24.4 Å². The summed E-state index contributed by atoms with van der Waals surface area (Å²) in [5, 5.41) is 17.5. The van der Waals surface area contributed by atoms with E-state index in [0.29, 0.717) is 0 Å². The molecule has 0 amide bonds. The normalized spacial score (nSPS) is 33.4. The fourth-order valence-electron chi connectivity index (χ4n) is 1.23. The van der Waals surface area contributed by atoms with Crippen LogP contribution >= 0.6 is 0 Å². The number of hydrogen-bond acceptors (Lipinski definition) is 4. The SMILES string of the molecule is C#CC1OC(C(=O)O)[C@@H](C#C)OC1C(=O)O. The average Bonchev–Trinajstić information content (AvgIpc) is 2.26. The third kappa shape index (κ3) is 2.14. The van der Waals surface area contributed by atoms with Crippen LogP contribution in [0.3, 0.4) is 0 Å². The van der Waals surface area contributed by atoms with Crippen molar-refractivity contribution in [1.29, 1.82) is 0 Å². The second-order valence-electron chi connectivity index (χ2n) is 2.96. The Bertz CT molecular complexity index is 349. The third-order valence-electron chi connectivity index (χ3n) is 1.95. The van der Waals surface area contributed by atoms with Crippen molar-refractivity contribution >= 4 is 11.9 Å². The van der Waals surface area contributed by atoms with Crippen molar-refractivity contribution < 1.29 is 29.3 Å². The van der Waals surface area contributed by atoms with Crippen molar-refractivity contribution in [3.8, 4) is 24.7 Å².